The van der Waals surface area contributed by atoms with Gasteiger partial charge in [0.1, 0.15) is 11.0 Å². The molecule has 4 nitrogen and oxygen atoms in total. The molecule has 124 valence electrons. The average Bonchev–Trinajstić information content (AvgIpc) is 2.60. The van der Waals surface area contributed by atoms with E-state index in [9.17, 15) is 8.42 Å². The van der Waals surface area contributed by atoms with E-state index in [0.29, 0.717) is 10.6 Å². The number of methoxy groups -OCH3 is 1. The first-order valence-electron chi connectivity index (χ1n) is 7.66. The summed E-state index contributed by atoms with van der Waals surface area (Å²) < 4.78 is 30.8. The highest BCUT2D eigenvalue weighted by Gasteiger charge is 2.26. The van der Waals surface area contributed by atoms with E-state index in [4.69, 9.17) is 4.74 Å². The van der Waals surface area contributed by atoms with Crippen molar-refractivity contribution in [1.82, 2.24) is 4.98 Å². The zero-order valence-corrected chi connectivity index (χ0v) is 14.7. The van der Waals surface area contributed by atoms with E-state index < -0.39 is 15.1 Å². The van der Waals surface area contributed by atoms with Gasteiger partial charge < -0.3 is 4.74 Å². The molecule has 0 amide bonds. The molecule has 5 heteroatoms. The topological polar surface area (TPSA) is 56.3 Å². The fourth-order valence-corrected chi connectivity index (χ4v) is 3.95. The Labute approximate surface area is 142 Å². The van der Waals surface area contributed by atoms with E-state index in [1.807, 2.05) is 31.2 Å². The molecule has 2 aromatic carbocycles. The lowest BCUT2D eigenvalue weighted by molar-refractivity contribution is 0.415. The summed E-state index contributed by atoms with van der Waals surface area (Å²) in [6.07, 6.45) is 1.69. The van der Waals surface area contributed by atoms with Gasteiger partial charge in [0.2, 0.25) is 0 Å². The van der Waals surface area contributed by atoms with E-state index in [1.54, 1.807) is 44.5 Å². The van der Waals surface area contributed by atoms with Crippen LogP contribution in [-0.2, 0) is 9.84 Å². The first-order valence-corrected chi connectivity index (χ1v) is 9.21. The number of hydrogen-bond donors (Lipinski definition) is 0. The van der Waals surface area contributed by atoms with Gasteiger partial charge >= 0.3 is 0 Å². The molecule has 0 spiro atoms. The molecule has 1 atom stereocenters. The quantitative estimate of drug-likeness (QED) is 0.717. The third kappa shape index (κ3) is 2.99. The molecule has 0 aliphatic carbocycles. The molecule has 1 unspecified atom stereocenters. The van der Waals surface area contributed by atoms with E-state index in [-0.39, 0.29) is 0 Å². The van der Waals surface area contributed by atoms with Gasteiger partial charge in [-0.15, -0.1) is 0 Å². The summed E-state index contributed by atoms with van der Waals surface area (Å²) in [6.45, 7) is 3.60. The van der Waals surface area contributed by atoms with Crippen molar-refractivity contribution >= 4 is 20.6 Å². The summed E-state index contributed by atoms with van der Waals surface area (Å²) in [4.78, 5) is 4.67. The van der Waals surface area contributed by atoms with Crippen molar-refractivity contribution in [2.75, 3.05) is 7.11 Å². The minimum Gasteiger partial charge on any atom is -0.497 e. The van der Waals surface area contributed by atoms with Gasteiger partial charge in [-0.25, -0.2) is 8.42 Å². The minimum absolute atomic E-state index is 0.317. The van der Waals surface area contributed by atoms with Crippen LogP contribution < -0.4 is 4.74 Å². The maximum absolute atomic E-state index is 12.8. The summed E-state index contributed by atoms with van der Waals surface area (Å²) in [7, 11) is -1.87. The second-order valence-corrected chi connectivity index (χ2v) is 8.09. The monoisotopic (exact) mass is 341 g/mol. The van der Waals surface area contributed by atoms with Gasteiger partial charge in [-0.3, -0.25) is 4.98 Å². The predicted molar refractivity (Wildman–Crippen MR) is 95.1 cm³/mol. The number of hydrogen-bond acceptors (Lipinski definition) is 4. The standard InChI is InChI=1S/C19H19NO3S/c1-13-4-8-18(9-5-13)24(21,22)14(2)19-11-15-6-7-17(23-3)10-16(15)12-20-19/h4-12,14H,1-3H3. The zero-order valence-electron chi connectivity index (χ0n) is 13.9. The molecular weight excluding hydrogens is 322 g/mol. The Morgan fingerprint density at radius 3 is 2.38 bits per heavy atom. The Hall–Kier alpha value is -2.40. The van der Waals surface area contributed by atoms with Gasteiger partial charge in [-0.05, 0) is 49.6 Å². The fourth-order valence-electron chi connectivity index (χ4n) is 2.58. The lowest BCUT2D eigenvalue weighted by Crippen LogP contribution is -2.12. The van der Waals surface area contributed by atoms with Crippen LogP contribution >= 0.6 is 0 Å². The van der Waals surface area contributed by atoms with E-state index in [1.165, 1.54) is 0 Å². The Bertz CT molecular complexity index is 979. The Balaban J connectivity index is 2.01. The highest BCUT2D eigenvalue weighted by Crippen LogP contribution is 2.30. The SMILES string of the molecule is COc1ccc2cc(C(C)S(=O)(=O)c3ccc(C)cc3)ncc2c1. The molecule has 0 fully saturated rings. The summed E-state index contributed by atoms with van der Waals surface area (Å²) >= 11 is 0. The van der Waals surface area contributed by atoms with Crippen LogP contribution in [-0.4, -0.2) is 20.5 Å². The number of pyridine rings is 1. The van der Waals surface area contributed by atoms with E-state index in [0.717, 1.165) is 22.1 Å². The van der Waals surface area contributed by atoms with Crippen molar-refractivity contribution in [3.05, 3.63) is 66.0 Å². The number of rotatable bonds is 4. The summed E-state index contributed by atoms with van der Waals surface area (Å²) in [5.74, 6) is 0.748. The second kappa shape index (κ2) is 6.24. The Kier molecular flexibility index (Phi) is 4.28. The summed E-state index contributed by atoms with van der Waals surface area (Å²) in [5, 5.41) is 1.14. The summed E-state index contributed by atoms with van der Waals surface area (Å²) in [5.41, 5.74) is 1.56. The van der Waals surface area contributed by atoms with E-state index >= 15 is 0 Å². The molecule has 0 saturated heterocycles. The van der Waals surface area contributed by atoms with Crippen molar-refractivity contribution in [2.24, 2.45) is 0 Å². The Morgan fingerprint density at radius 2 is 1.71 bits per heavy atom. The van der Waals surface area contributed by atoms with Crippen molar-refractivity contribution < 1.29 is 13.2 Å². The van der Waals surface area contributed by atoms with Crippen molar-refractivity contribution in [3.8, 4) is 5.75 Å². The van der Waals surface area contributed by atoms with Crippen molar-refractivity contribution in [2.45, 2.75) is 24.0 Å². The minimum atomic E-state index is -3.48. The zero-order chi connectivity index (χ0) is 17.3. The molecule has 24 heavy (non-hydrogen) atoms. The lowest BCUT2D eigenvalue weighted by atomic mass is 10.1. The number of sulfone groups is 1. The number of ether oxygens (including phenoxy) is 1. The molecule has 0 N–H and O–H groups in total. The maximum atomic E-state index is 12.8. The lowest BCUT2D eigenvalue weighted by Gasteiger charge is -2.14. The molecule has 1 heterocycles. The molecule has 0 bridgehead atoms. The molecule has 3 aromatic rings. The molecule has 0 aliphatic rings. The van der Waals surface area contributed by atoms with Crippen LogP contribution in [0.3, 0.4) is 0 Å². The average molecular weight is 341 g/mol. The van der Waals surface area contributed by atoms with Gasteiger partial charge in [0.05, 0.1) is 17.7 Å². The normalized spacial score (nSPS) is 13.0. The molecular formula is C19H19NO3S. The van der Waals surface area contributed by atoms with Crippen LogP contribution in [0.2, 0.25) is 0 Å². The highest BCUT2D eigenvalue weighted by molar-refractivity contribution is 7.91. The number of aromatic nitrogens is 1. The van der Waals surface area contributed by atoms with E-state index in [2.05, 4.69) is 4.98 Å². The summed E-state index contributed by atoms with van der Waals surface area (Å²) in [6, 6.07) is 14.4. The van der Waals surface area contributed by atoms with Crippen LogP contribution in [0.15, 0.2) is 59.6 Å². The highest BCUT2D eigenvalue weighted by atomic mass is 32.2. The third-order valence-corrected chi connectivity index (χ3v) is 6.28. The van der Waals surface area contributed by atoms with Crippen molar-refractivity contribution in [1.29, 1.82) is 0 Å². The molecule has 3 rings (SSSR count). The van der Waals surface area contributed by atoms with Gasteiger partial charge in [-0.2, -0.15) is 0 Å². The number of benzene rings is 2. The number of aryl methyl sites for hydroxylation is 1. The van der Waals surface area contributed by atoms with Crippen LogP contribution in [0.25, 0.3) is 10.8 Å². The maximum Gasteiger partial charge on any atom is 0.186 e. The molecule has 0 aliphatic heterocycles. The van der Waals surface area contributed by atoms with Crippen molar-refractivity contribution in [3.63, 3.8) is 0 Å². The van der Waals surface area contributed by atoms with Crippen LogP contribution in [0, 0.1) is 6.92 Å². The van der Waals surface area contributed by atoms with Gasteiger partial charge in [0.25, 0.3) is 0 Å². The largest absolute Gasteiger partial charge is 0.497 e. The second-order valence-electron chi connectivity index (χ2n) is 5.82. The molecule has 0 saturated carbocycles. The smallest absolute Gasteiger partial charge is 0.186 e. The van der Waals surface area contributed by atoms with Gasteiger partial charge in [-0.1, -0.05) is 23.8 Å². The van der Waals surface area contributed by atoms with Gasteiger partial charge in [0, 0.05) is 11.6 Å². The van der Waals surface area contributed by atoms with Crippen LogP contribution in [0.4, 0.5) is 0 Å². The van der Waals surface area contributed by atoms with Crippen LogP contribution in [0.5, 0.6) is 5.75 Å². The third-order valence-electron chi connectivity index (χ3n) is 4.18. The fraction of sp³-hybridized carbons (Fsp3) is 0.211. The van der Waals surface area contributed by atoms with Crippen LogP contribution in [0.1, 0.15) is 23.4 Å². The first kappa shape index (κ1) is 16.5. The predicted octanol–water partition coefficient (Wildman–Crippen LogP) is 4.09. The number of fused-ring (bicyclic) bond motifs is 1. The Morgan fingerprint density at radius 1 is 1.00 bits per heavy atom. The first-order chi connectivity index (χ1) is 11.4. The van der Waals surface area contributed by atoms with Gasteiger partial charge in [0.15, 0.2) is 9.84 Å². The molecule has 1 aromatic heterocycles. The number of nitrogens with zero attached hydrogens (tertiary/aromatic N) is 1. The molecule has 0 radical (unpaired) electrons.